The van der Waals surface area contributed by atoms with Crippen molar-refractivity contribution in [2.75, 3.05) is 5.43 Å². The Morgan fingerprint density at radius 2 is 2.10 bits per heavy atom. The van der Waals surface area contributed by atoms with Crippen LogP contribution in [0.1, 0.15) is 16.8 Å². The Morgan fingerprint density at radius 1 is 1.33 bits per heavy atom. The van der Waals surface area contributed by atoms with Crippen molar-refractivity contribution >= 4 is 23.1 Å². The molecule has 2 rings (SSSR count). The molecule has 3 N–H and O–H groups in total. The molecule has 1 aromatic carbocycles. The molecule has 2 aromatic rings. The predicted octanol–water partition coefficient (Wildman–Crippen LogP) is 3.18. The molecule has 0 aliphatic heterocycles. The third kappa shape index (κ3) is 3.93. The molecule has 0 aliphatic carbocycles. The SMILES string of the molecule is Cc1cc(C)nc(SCc2ccc(NN)c([N+](=O)[O-])c2)c1. The lowest BCUT2D eigenvalue weighted by atomic mass is 10.2. The van der Waals surface area contributed by atoms with Gasteiger partial charge >= 0.3 is 0 Å². The van der Waals surface area contributed by atoms with Crippen LogP contribution in [0.3, 0.4) is 0 Å². The lowest BCUT2D eigenvalue weighted by Gasteiger charge is -2.06. The zero-order chi connectivity index (χ0) is 15.4. The van der Waals surface area contributed by atoms with Gasteiger partial charge in [0.15, 0.2) is 0 Å². The van der Waals surface area contributed by atoms with Crippen LogP contribution in [0.2, 0.25) is 0 Å². The third-order valence-electron chi connectivity index (χ3n) is 2.88. The summed E-state index contributed by atoms with van der Waals surface area (Å²) in [7, 11) is 0. The molecular formula is C14H16N4O2S. The zero-order valence-electron chi connectivity index (χ0n) is 11.8. The van der Waals surface area contributed by atoms with Gasteiger partial charge < -0.3 is 5.43 Å². The number of aryl methyl sites for hydroxylation is 2. The van der Waals surface area contributed by atoms with E-state index in [9.17, 15) is 10.1 Å². The Kier molecular flexibility index (Phi) is 4.77. The van der Waals surface area contributed by atoms with Crippen molar-refractivity contribution in [2.24, 2.45) is 5.84 Å². The summed E-state index contributed by atoms with van der Waals surface area (Å²) >= 11 is 1.55. The summed E-state index contributed by atoms with van der Waals surface area (Å²) in [5.74, 6) is 5.88. The summed E-state index contributed by atoms with van der Waals surface area (Å²) in [5.41, 5.74) is 5.58. The number of nitro groups is 1. The van der Waals surface area contributed by atoms with Crippen molar-refractivity contribution in [1.82, 2.24) is 4.98 Å². The largest absolute Gasteiger partial charge is 0.318 e. The van der Waals surface area contributed by atoms with Crippen LogP contribution in [0.15, 0.2) is 35.4 Å². The topological polar surface area (TPSA) is 94.1 Å². The zero-order valence-corrected chi connectivity index (χ0v) is 12.6. The van der Waals surface area contributed by atoms with E-state index >= 15 is 0 Å². The van der Waals surface area contributed by atoms with E-state index in [1.807, 2.05) is 32.0 Å². The van der Waals surface area contributed by atoms with Gasteiger partial charge in [-0.15, -0.1) is 11.8 Å². The fraction of sp³-hybridized carbons (Fsp3) is 0.214. The molecule has 0 atom stereocenters. The number of nitrogens with two attached hydrogens (primary N) is 1. The summed E-state index contributed by atoms with van der Waals surface area (Å²) in [6.07, 6.45) is 0. The number of nitro benzene ring substituents is 1. The maximum absolute atomic E-state index is 11.0. The van der Waals surface area contributed by atoms with Crippen LogP contribution >= 0.6 is 11.8 Å². The van der Waals surface area contributed by atoms with E-state index in [4.69, 9.17) is 5.84 Å². The van der Waals surface area contributed by atoms with E-state index in [2.05, 4.69) is 10.4 Å². The van der Waals surface area contributed by atoms with Crippen LogP contribution in [0, 0.1) is 24.0 Å². The number of pyridine rings is 1. The Balaban J connectivity index is 2.16. The van der Waals surface area contributed by atoms with E-state index in [1.165, 1.54) is 6.07 Å². The third-order valence-corrected chi connectivity index (χ3v) is 3.86. The predicted molar refractivity (Wildman–Crippen MR) is 84.2 cm³/mol. The molecule has 0 unspecified atom stereocenters. The fourth-order valence-corrected chi connectivity index (χ4v) is 2.95. The van der Waals surface area contributed by atoms with Gasteiger partial charge in [0.05, 0.1) is 9.95 Å². The molecular weight excluding hydrogens is 288 g/mol. The van der Waals surface area contributed by atoms with Crippen LogP contribution in [-0.2, 0) is 5.75 Å². The summed E-state index contributed by atoms with van der Waals surface area (Å²) < 4.78 is 0. The monoisotopic (exact) mass is 304 g/mol. The van der Waals surface area contributed by atoms with Gasteiger partial charge in [-0.25, -0.2) is 4.98 Å². The Bertz CT molecular complexity index is 656. The van der Waals surface area contributed by atoms with E-state index in [1.54, 1.807) is 17.8 Å². The van der Waals surface area contributed by atoms with Crippen LogP contribution in [-0.4, -0.2) is 9.91 Å². The maximum atomic E-state index is 11.0. The van der Waals surface area contributed by atoms with Gasteiger partial charge in [0.2, 0.25) is 0 Å². The molecule has 21 heavy (non-hydrogen) atoms. The first kappa shape index (κ1) is 15.3. The van der Waals surface area contributed by atoms with Crippen molar-refractivity contribution in [2.45, 2.75) is 24.6 Å². The number of rotatable bonds is 5. The highest BCUT2D eigenvalue weighted by Crippen LogP contribution is 2.28. The van der Waals surface area contributed by atoms with Crippen molar-refractivity contribution in [1.29, 1.82) is 0 Å². The first-order valence-electron chi connectivity index (χ1n) is 6.31. The fourth-order valence-electron chi connectivity index (χ4n) is 1.98. The van der Waals surface area contributed by atoms with E-state index in [-0.39, 0.29) is 5.69 Å². The normalized spacial score (nSPS) is 10.4. The molecule has 0 saturated carbocycles. The number of hydrazine groups is 1. The summed E-state index contributed by atoms with van der Waals surface area (Å²) in [6.45, 7) is 3.97. The van der Waals surface area contributed by atoms with Crippen molar-refractivity contribution < 1.29 is 4.92 Å². The lowest BCUT2D eigenvalue weighted by molar-refractivity contribution is -0.384. The molecule has 7 heteroatoms. The number of anilines is 1. The van der Waals surface area contributed by atoms with Crippen LogP contribution in [0.4, 0.5) is 11.4 Å². The molecule has 1 aromatic heterocycles. The van der Waals surface area contributed by atoms with Gasteiger partial charge in [0.1, 0.15) is 5.69 Å². The summed E-state index contributed by atoms with van der Waals surface area (Å²) in [5, 5.41) is 11.9. The second-order valence-electron chi connectivity index (χ2n) is 4.67. The summed E-state index contributed by atoms with van der Waals surface area (Å²) in [6, 6.07) is 8.98. The molecule has 1 heterocycles. The van der Waals surface area contributed by atoms with Gasteiger partial charge in [-0.3, -0.25) is 16.0 Å². The first-order chi connectivity index (χ1) is 9.99. The minimum atomic E-state index is -0.446. The molecule has 6 nitrogen and oxygen atoms in total. The number of hydrogen-bond acceptors (Lipinski definition) is 6. The minimum Gasteiger partial charge on any atom is -0.318 e. The number of thioether (sulfide) groups is 1. The van der Waals surface area contributed by atoms with Gasteiger partial charge in [-0.05, 0) is 43.2 Å². The number of nitrogen functional groups attached to an aromatic ring is 1. The van der Waals surface area contributed by atoms with Crippen LogP contribution in [0.5, 0.6) is 0 Å². The molecule has 110 valence electrons. The Morgan fingerprint density at radius 3 is 2.71 bits per heavy atom. The second-order valence-corrected chi connectivity index (χ2v) is 5.66. The molecule has 0 amide bonds. The Labute approximate surface area is 126 Å². The van der Waals surface area contributed by atoms with Crippen LogP contribution in [0.25, 0.3) is 0 Å². The molecule has 0 saturated heterocycles. The highest BCUT2D eigenvalue weighted by Gasteiger charge is 2.13. The number of benzene rings is 1. The molecule has 0 spiro atoms. The molecule has 0 fully saturated rings. The van der Waals surface area contributed by atoms with E-state index < -0.39 is 4.92 Å². The van der Waals surface area contributed by atoms with Gasteiger partial charge in [-0.1, -0.05) is 6.07 Å². The number of hydrogen-bond donors (Lipinski definition) is 2. The van der Waals surface area contributed by atoms with E-state index in [0.29, 0.717) is 11.4 Å². The number of nitrogens with zero attached hydrogens (tertiary/aromatic N) is 2. The van der Waals surface area contributed by atoms with Crippen molar-refractivity contribution in [3.8, 4) is 0 Å². The Hall–Kier alpha value is -2.12. The summed E-state index contributed by atoms with van der Waals surface area (Å²) in [4.78, 5) is 15.0. The van der Waals surface area contributed by atoms with Crippen LogP contribution < -0.4 is 11.3 Å². The second kappa shape index (κ2) is 6.55. The molecule has 0 bridgehead atoms. The lowest BCUT2D eigenvalue weighted by Crippen LogP contribution is -2.09. The quantitative estimate of drug-likeness (QED) is 0.381. The first-order valence-corrected chi connectivity index (χ1v) is 7.30. The standard InChI is InChI=1S/C14H16N4O2S/c1-9-5-10(2)16-14(6-9)21-8-11-3-4-12(17-15)13(7-11)18(19)20/h3-7,17H,8,15H2,1-2H3. The minimum absolute atomic E-state index is 0.0241. The number of nitrogens with one attached hydrogen (secondary N) is 1. The van der Waals surface area contributed by atoms with Crippen molar-refractivity contribution in [3.63, 3.8) is 0 Å². The van der Waals surface area contributed by atoms with E-state index in [0.717, 1.165) is 21.8 Å². The van der Waals surface area contributed by atoms with Gasteiger partial charge in [0.25, 0.3) is 5.69 Å². The highest BCUT2D eigenvalue weighted by molar-refractivity contribution is 7.98. The maximum Gasteiger partial charge on any atom is 0.293 e. The molecule has 0 radical (unpaired) electrons. The smallest absolute Gasteiger partial charge is 0.293 e. The van der Waals surface area contributed by atoms with Gasteiger partial charge in [0, 0.05) is 17.5 Å². The van der Waals surface area contributed by atoms with Crippen molar-refractivity contribution in [3.05, 3.63) is 57.3 Å². The average Bonchev–Trinajstić information content (AvgIpc) is 2.43. The number of aromatic nitrogens is 1. The van der Waals surface area contributed by atoms with Gasteiger partial charge in [-0.2, -0.15) is 0 Å². The highest BCUT2D eigenvalue weighted by atomic mass is 32.2. The average molecular weight is 304 g/mol. The molecule has 0 aliphatic rings.